The van der Waals surface area contributed by atoms with E-state index in [9.17, 15) is 25.9 Å². The summed E-state index contributed by atoms with van der Waals surface area (Å²) in [6.45, 7) is 4.32. The van der Waals surface area contributed by atoms with Crippen molar-refractivity contribution in [1.82, 2.24) is 0 Å². The van der Waals surface area contributed by atoms with Crippen molar-refractivity contribution < 1.29 is 40.0 Å². The van der Waals surface area contributed by atoms with Gasteiger partial charge < -0.3 is 14.4 Å². The Morgan fingerprint density at radius 2 is 1.80 bits per heavy atom. The zero-order valence-corrected chi connectivity index (χ0v) is 27.7. The summed E-state index contributed by atoms with van der Waals surface area (Å²) in [6.07, 6.45) is 7.37. The zero-order chi connectivity index (χ0) is 32.4. The van der Waals surface area contributed by atoms with Crippen LogP contribution in [0.2, 0.25) is 0 Å². The molecule has 2 aromatic carbocycles. The second-order valence-electron chi connectivity index (χ2n) is 11.9. The van der Waals surface area contributed by atoms with Gasteiger partial charge in [0.1, 0.15) is 12.3 Å². The first kappa shape index (κ1) is 33.5. The molecule has 2 aromatic rings. The van der Waals surface area contributed by atoms with Crippen LogP contribution in [0.3, 0.4) is 0 Å². The Morgan fingerprint density at radius 1 is 1.04 bits per heavy atom. The molecule has 244 valence electrons. The second-order valence-corrected chi connectivity index (χ2v) is 15.7. The summed E-state index contributed by atoms with van der Waals surface area (Å²) in [5.41, 5.74) is 2.93. The van der Waals surface area contributed by atoms with E-state index >= 15 is 0 Å². The van der Waals surface area contributed by atoms with Crippen LogP contribution in [0, 0.1) is 5.92 Å². The van der Waals surface area contributed by atoms with Gasteiger partial charge in [-0.25, -0.2) is 0 Å². The van der Waals surface area contributed by atoms with Crippen molar-refractivity contribution in [2.75, 3.05) is 23.7 Å². The minimum atomic E-state index is -4.19. The molecule has 0 bridgehead atoms. The van der Waals surface area contributed by atoms with Gasteiger partial charge in [0.05, 0.1) is 23.1 Å². The topological polar surface area (TPSA) is 133 Å². The molecule has 3 aliphatic rings. The van der Waals surface area contributed by atoms with Crippen LogP contribution in [0.4, 0.5) is 5.69 Å². The van der Waals surface area contributed by atoms with E-state index in [0.29, 0.717) is 36.7 Å². The highest BCUT2D eigenvalue weighted by Gasteiger charge is 2.44. The first-order chi connectivity index (χ1) is 21.3. The Morgan fingerprint density at radius 3 is 2.49 bits per heavy atom. The third kappa shape index (κ3) is 8.28. The zero-order valence-electron chi connectivity index (χ0n) is 25.3. The Hall–Kier alpha value is -2.90. The van der Waals surface area contributed by atoms with Gasteiger partial charge in [-0.2, -0.15) is 21.4 Å². The smallest absolute Gasteiger partial charge is 0.338 e. The van der Waals surface area contributed by atoms with Gasteiger partial charge in [-0.05, 0) is 54.7 Å². The molecule has 0 saturated heterocycles. The van der Waals surface area contributed by atoms with Crippen molar-refractivity contribution in [2.45, 2.75) is 69.6 Å². The third-order valence-electron chi connectivity index (χ3n) is 8.71. The van der Waals surface area contributed by atoms with E-state index in [1.807, 2.05) is 59.2 Å². The number of hydrogen-bond donors (Lipinski definition) is 2. The Kier molecular flexibility index (Phi) is 10.3. The van der Waals surface area contributed by atoms with Gasteiger partial charge in [0.15, 0.2) is 12.3 Å². The van der Waals surface area contributed by atoms with Crippen LogP contribution in [0.1, 0.15) is 46.0 Å². The molecule has 0 spiro atoms. The molecule has 10 nitrogen and oxygen atoms in total. The fourth-order valence-electron chi connectivity index (χ4n) is 6.09. The highest BCUT2D eigenvalue weighted by Crippen LogP contribution is 2.42. The number of allylic oxidation sites excluding steroid dienone is 2. The molecule has 0 saturated carbocycles. The summed E-state index contributed by atoms with van der Waals surface area (Å²) in [5, 5.41) is -0.355. The molecule has 0 radical (unpaired) electrons. The lowest BCUT2D eigenvalue weighted by atomic mass is 9.96. The number of anilines is 1. The molecule has 5 atom stereocenters. The summed E-state index contributed by atoms with van der Waals surface area (Å²) in [6, 6.07) is 15.8. The lowest BCUT2D eigenvalue weighted by Crippen LogP contribution is -2.39. The van der Waals surface area contributed by atoms with E-state index in [2.05, 4.69) is 17.9 Å². The van der Waals surface area contributed by atoms with Crippen molar-refractivity contribution in [3.05, 3.63) is 71.8 Å². The Bertz CT molecular complexity index is 1690. The number of fused-ring (bicyclic) bond motifs is 2. The minimum absolute atomic E-state index is 0.0991. The lowest BCUT2D eigenvalue weighted by molar-refractivity contribution is -0.548. The molecular weight excluding hydrogens is 640 g/mol. The predicted octanol–water partition coefficient (Wildman–Crippen LogP) is 5.50. The highest BCUT2D eigenvalue weighted by molar-refractivity contribution is 7.86. The van der Waals surface area contributed by atoms with Crippen LogP contribution in [-0.2, 0) is 25.0 Å². The van der Waals surface area contributed by atoms with Crippen molar-refractivity contribution in [1.29, 1.82) is 0 Å². The maximum absolute atomic E-state index is 11.8. The van der Waals surface area contributed by atoms with Gasteiger partial charge in [-0.1, -0.05) is 61.3 Å². The molecule has 2 heterocycles. The predicted molar refractivity (Wildman–Crippen MR) is 175 cm³/mol. The third-order valence-corrected chi connectivity index (χ3v) is 11.0. The van der Waals surface area contributed by atoms with Crippen LogP contribution < -0.4 is 9.64 Å². The van der Waals surface area contributed by atoms with Gasteiger partial charge >= 0.3 is 5.90 Å². The first-order valence-electron chi connectivity index (χ1n) is 15.2. The number of nitrogens with zero attached hydrogens (tertiary/aromatic N) is 2. The minimum Gasteiger partial charge on any atom is -0.468 e. The molecule has 0 fully saturated rings. The van der Waals surface area contributed by atoms with Crippen LogP contribution in [-0.4, -0.2) is 78.9 Å². The number of benzene rings is 2. The molecule has 0 amide bonds. The van der Waals surface area contributed by atoms with Gasteiger partial charge in [0.2, 0.25) is 6.04 Å². The molecule has 2 aliphatic heterocycles. The highest BCUT2D eigenvalue weighted by atomic mass is 35.5. The molecule has 2 N–H and O–H groups in total. The number of halogens is 1. The molecule has 5 unspecified atom stereocenters. The van der Waals surface area contributed by atoms with E-state index in [1.165, 1.54) is 6.92 Å². The van der Waals surface area contributed by atoms with Gasteiger partial charge in [0, 0.05) is 30.5 Å². The normalized spacial score (nSPS) is 22.4. The molecule has 0 aromatic heterocycles. The second kappa shape index (κ2) is 13.8. The largest absolute Gasteiger partial charge is 0.468 e. The summed E-state index contributed by atoms with van der Waals surface area (Å²) in [7, 11) is -8.29. The maximum atomic E-state index is 11.8. The average Bonchev–Trinajstić information content (AvgIpc) is 3.50. The van der Waals surface area contributed by atoms with Gasteiger partial charge in [0.25, 0.3) is 20.2 Å². The van der Waals surface area contributed by atoms with Crippen molar-refractivity contribution in [3.63, 3.8) is 0 Å². The Labute approximate surface area is 270 Å². The molecule has 13 heteroatoms. The maximum Gasteiger partial charge on any atom is 0.338 e. The first-order valence-corrected chi connectivity index (χ1v) is 18.7. The van der Waals surface area contributed by atoms with Crippen molar-refractivity contribution in [3.8, 4) is 16.9 Å². The van der Waals surface area contributed by atoms with E-state index < -0.39 is 25.5 Å². The van der Waals surface area contributed by atoms with Crippen LogP contribution >= 0.6 is 11.6 Å². The SMILES string of the molecule is CCC(CC1=[N+](CCCS(=O)(=O)O)C2C=C(Cl)C=CC2O1)CC1Oc2ccc(-c3ccccc3)cc2N1CCC(C)S(=O)(=O)O. The monoisotopic (exact) mass is 679 g/mol. The summed E-state index contributed by atoms with van der Waals surface area (Å²) >= 11 is 6.31. The van der Waals surface area contributed by atoms with E-state index in [0.717, 1.165) is 29.1 Å². The summed E-state index contributed by atoms with van der Waals surface area (Å²) in [4.78, 5) is 2.08. The lowest BCUT2D eigenvalue weighted by Gasteiger charge is -2.28. The molecular formula is C32H40ClN2O8S2+. The summed E-state index contributed by atoms with van der Waals surface area (Å²) < 4.78 is 80.3. The molecule has 5 rings (SSSR count). The number of rotatable bonds is 14. The molecule has 1 aliphatic carbocycles. The van der Waals surface area contributed by atoms with Gasteiger partial charge in [-0.15, -0.1) is 0 Å². The van der Waals surface area contributed by atoms with Crippen molar-refractivity contribution >= 4 is 43.4 Å². The van der Waals surface area contributed by atoms with Crippen LogP contribution in [0.5, 0.6) is 5.75 Å². The van der Waals surface area contributed by atoms with E-state index in [4.69, 9.17) is 21.1 Å². The number of ether oxygens (including phenoxy) is 2. The van der Waals surface area contributed by atoms with E-state index in [-0.39, 0.29) is 42.9 Å². The number of hydrogen-bond acceptors (Lipinski definition) is 7. The van der Waals surface area contributed by atoms with Crippen LogP contribution in [0.25, 0.3) is 11.1 Å². The van der Waals surface area contributed by atoms with E-state index in [1.54, 1.807) is 6.08 Å². The van der Waals surface area contributed by atoms with Crippen molar-refractivity contribution in [2.24, 2.45) is 5.92 Å². The fraction of sp³-hybridized carbons (Fsp3) is 0.469. The van der Waals surface area contributed by atoms with Crippen LogP contribution in [0.15, 0.2) is 71.8 Å². The summed E-state index contributed by atoms with van der Waals surface area (Å²) in [5.74, 6) is 1.19. The Balaban J connectivity index is 1.39. The van der Waals surface area contributed by atoms with Gasteiger partial charge in [-0.3, -0.25) is 9.11 Å². The standard InChI is InChI=1S/C32H39ClN2O8S2/c1-3-23(18-31-34(15-7-17-44(36,37)38)28-21-26(33)11-13-30(28)43-31)19-32-35(16-14-22(2)45(39,40)41)27-20-25(10-12-29(27)42-32)24-8-5-4-6-9-24/h4-6,8-13,20-23,28,30,32H,3,7,14-19H2,1-2H3,(H-,36,37,38,39,40,41)/p+1. The fourth-order valence-corrected chi connectivity index (χ4v) is 7.19. The quantitative estimate of drug-likeness (QED) is 0.196. The molecule has 45 heavy (non-hydrogen) atoms. The average molecular weight is 680 g/mol.